The zero-order valence-electron chi connectivity index (χ0n) is 11.3. The smallest absolute Gasteiger partial charge is 0.289 e. The van der Waals surface area contributed by atoms with Gasteiger partial charge in [0.15, 0.2) is 0 Å². The number of hydrogen-bond donors (Lipinski definition) is 1. The van der Waals surface area contributed by atoms with Crippen LogP contribution in [0.3, 0.4) is 0 Å². The third-order valence-corrected chi connectivity index (χ3v) is 3.46. The van der Waals surface area contributed by atoms with Crippen LogP contribution >= 0.6 is 11.6 Å². The van der Waals surface area contributed by atoms with Crippen molar-refractivity contribution in [1.82, 2.24) is 0 Å². The highest BCUT2D eigenvalue weighted by Gasteiger charge is 2.15. The van der Waals surface area contributed by atoms with E-state index in [0.717, 1.165) is 5.56 Å². The molecule has 6 heteroatoms. The van der Waals surface area contributed by atoms with E-state index in [1.54, 1.807) is 12.1 Å². The Morgan fingerprint density at radius 3 is 2.71 bits per heavy atom. The van der Waals surface area contributed by atoms with Crippen LogP contribution in [0, 0.1) is 15.9 Å². The lowest BCUT2D eigenvalue weighted by molar-refractivity contribution is -0.384. The number of hydrogen-bond acceptors (Lipinski definition) is 3. The molecule has 0 saturated heterocycles. The van der Waals surface area contributed by atoms with E-state index < -0.39 is 4.92 Å². The van der Waals surface area contributed by atoms with Crippen LogP contribution in [0.1, 0.15) is 24.9 Å². The number of nitrogens with zero attached hydrogens (tertiary/aromatic N) is 1. The third kappa shape index (κ3) is 3.70. The van der Waals surface area contributed by atoms with Crippen molar-refractivity contribution < 1.29 is 9.31 Å². The average molecular weight is 309 g/mol. The van der Waals surface area contributed by atoms with Gasteiger partial charge in [-0.25, -0.2) is 4.39 Å². The highest BCUT2D eigenvalue weighted by atomic mass is 35.5. The van der Waals surface area contributed by atoms with Crippen LogP contribution in [0.15, 0.2) is 42.5 Å². The van der Waals surface area contributed by atoms with Gasteiger partial charge in [0.2, 0.25) is 0 Å². The van der Waals surface area contributed by atoms with E-state index in [0.29, 0.717) is 12.1 Å². The van der Waals surface area contributed by atoms with E-state index in [9.17, 15) is 14.5 Å². The number of anilines is 1. The van der Waals surface area contributed by atoms with Crippen molar-refractivity contribution in [2.24, 2.45) is 0 Å². The molecule has 0 amide bonds. The minimum Gasteiger partial charge on any atom is -0.378 e. The normalized spacial score (nSPS) is 12.0. The molecule has 0 aliphatic carbocycles. The minimum absolute atomic E-state index is 0.0874. The first kappa shape index (κ1) is 15.3. The summed E-state index contributed by atoms with van der Waals surface area (Å²) in [7, 11) is 0. The Bertz CT molecular complexity index is 664. The summed E-state index contributed by atoms with van der Waals surface area (Å²) in [4.78, 5) is 10.4. The zero-order chi connectivity index (χ0) is 15.4. The lowest BCUT2D eigenvalue weighted by Gasteiger charge is -2.19. The molecule has 2 aromatic rings. The molecule has 0 saturated carbocycles. The summed E-state index contributed by atoms with van der Waals surface area (Å²) in [5, 5.41) is 14.1. The molecule has 0 spiro atoms. The predicted octanol–water partition coefficient (Wildman–Crippen LogP) is 4.95. The molecule has 2 aromatic carbocycles. The number of nitro groups is 1. The van der Waals surface area contributed by atoms with Crippen LogP contribution in [0.5, 0.6) is 0 Å². The molecular weight excluding hydrogens is 295 g/mol. The second-order valence-electron chi connectivity index (χ2n) is 4.58. The van der Waals surface area contributed by atoms with E-state index >= 15 is 0 Å². The number of rotatable bonds is 5. The first-order chi connectivity index (χ1) is 10.0. The molecular formula is C15H14ClFN2O2. The van der Waals surface area contributed by atoms with Crippen LogP contribution in [0.25, 0.3) is 0 Å². The summed E-state index contributed by atoms with van der Waals surface area (Å²) < 4.78 is 13.3. The fourth-order valence-electron chi connectivity index (χ4n) is 2.09. The number of nitro benzene ring substituents is 1. The standard InChI is InChI=1S/C15H14ClFN2O2/c1-2-14(10-4-3-5-11(17)8-10)18-12-6-7-13(16)15(9-12)19(20)21/h3-9,14,18H,2H2,1H3. The molecule has 4 nitrogen and oxygen atoms in total. The van der Waals surface area contributed by atoms with Gasteiger partial charge in [-0.05, 0) is 36.2 Å². The van der Waals surface area contributed by atoms with E-state index in [4.69, 9.17) is 11.6 Å². The summed E-state index contributed by atoms with van der Waals surface area (Å²) in [5.74, 6) is -0.310. The summed E-state index contributed by atoms with van der Waals surface area (Å²) >= 11 is 5.78. The molecule has 0 aliphatic heterocycles. The SMILES string of the molecule is CCC(Nc1ccc(Cl)c([N+](=O)[O-])c1)c1cccc(F)c1. The van der Waals surface area contributed by atoms with Crippen molar-refractivity contribution in [2.45, 2.75) is 19.4 Å². The van der Waals surface area contributed by atoms with E-state index in [1.165, 1.54) is 24.3 Å². The van der Waals surface area contributed by atoms with Crippen molar-refractivity contribution in [3.8, 4) is 0 Å². The molecule has 0 bridgehead atoms. The van der Waals surface area contributed by atoms with Crippen LogP contribution in [0.2, 0.25) is 5.02 Å². The Hall–Kier alpha value is -2.14. The maximum Gasteiger partial charge on any atom is 0.289 e. The van der Waals surface area contributed by atoms with Crippen LogP contribution < -0.4 is 5.32 Å². The van der Waals surface area contributed by atoms with E-state index in [2.05, 4.69) is 5.32 Å². The van der Waals surface area contributed by atoms with Gasteiger partial charge in [-0.1, -0.05) is 30.7 Å². The first-order valence-corrected chi connectivity index (χ1v) is 6.85. The molecule has 0 radical (unpaired) electrons. The van der Waals surface area contributed by atoms with Gasteiger partial charge < -0.3 is 5.32 Å². The quantitative estimate of drug-likeness (QED) is 0.628. The van der Waals surface area contributed by atoms with Crippen LogP contribution in [0.4, 0.5) is 15.8 Å². The van der Waals surface area contributed by atoms with Crippen LogP contribution in [-0.2, 0) is 0 Å². The average Bonchev–Trinajstić information content (AvgIpc) is 2.46. The van der Waals surface area contributed by atoms with Crippen LogP contribution in [-0.4, -0.2) is 4.92 Å². The van der Waals surface area contributed by atoms with Gasteiger partial charge in [-0.15, -0.1) is 0 Å². The fourth-order valence-corrected chi connectivity index (χ4v) is 2.27. The third-order valence-electron chi connectivity index (χ3n) is 3.14. The maximum absolute atomic E-state index is 13.3. The van der Waals surface area contributed by atoms with Gasteiger partial charge >= 0.3 is 0 Å². The summed E-state index contributed by atoms with van der Waals surface area (Å²) in [6.07, 6.45) is 0.708. The fraction of sp³-hybridized carbons (Fsp3) is 0.200. The minimum atomic E-state index is -0.531. The van der Waals surface area contributed by atoms with Gasteiger partial charge in [0.25, 0.3) is 5.69 Å². The number of nitrogens with one attached hydrogen (secondary N) is 1. The zero-order valence-corrected chi connectivity index (χ0v) is 12.1. The summed E-state index contributed by atoms with van der Waals surface area (Å²) in [6.45, 7) is 1.95. The summed E-state index contributed by atoms with van der Waals surface area (Å²) in [5.41, 5.74) is 1.20. The van der Waals surface area contributed by atoms with E-state index in [1.807, 2.05) is 13.0 Å². The molecule has 110 valence electrons. The van der Waals surface area contributed by atoms with Gasteiger partial charge in [0, 0.05) is 11.8 Å². The molecule has 0 fully saturated rings. The monoisotopic (exact) mass is 308 g/mol. The Balaban J connectivity index is 2.27. The van der Waals surface area contributed by atoms with Gasteiger partial charge in [-0.2, -0.15) is 0 Å². The molecule has 1 unspecified atom stereocenters. The van der Waals surface area contributed by atoms with Crippen molar-refractivity contribution in [3.63, 3.8) is 0 Å². The molecule has 0 aromatic heterocycles. The highest BCUT2D eigenvalue weighted by molar-refractivity contribution is 6.32. The molecule has 1 atom stereocenters. The number of benzene rings is 2. The van der Waals surface area contributed by atoms with Gasteiger partial charge in [-0.3, -0.25) is 10.1 Å². The Labute approximate surface area is 126 Å². The molecule has 2 rings (SSSR count). The second-order valence-corrected chi connectivity index (χ2v) is 4.99. The lowest BCUT2D eigenvalue weighted by Crippen LogP contribution is -2.10. The molecule has 21 heavy (non-hydrogen) atoms. The van der Waals surface area contributed by atoms with Crippen molar-refractivity contribution in [1.29, 1.82) is 0 Å². The Morgan fingerprint density at radius 2 is 2.10 bits per heavy atom. The number of halogens is 2. The van der Waals surface area contributed by atoms with Crippen molar-refractivity contribution in [2.75, 3.05) is 5.32 Å². The van der Waals surface area contributed by atoms with Crippen molar-refractivity contribution in [3.05, 3.63) is 69.0 Å². The topological polar surface area (TPSA) is 55.2 Å². The van der Waals surface area contributed by atoms with Gasteiger partial charge in [0.05, 0.1) is 11.0 Å². The largest absolute Gasteiger partial charge is 0.378 e. The maximum atomic E-state index is 13.3. The van der Waals surface area contributed by atoms with Crippen molar-refractivity contribution >= 4 is 23.0 Å². The molecule has 1 N–H and O–H groups in total. The Kier molecular flexibility index (Phi) is 4.75. The Morgan fingerprint density at radius 1 is 1.33 bits per heavy atom. The summed E-state index contributed by atoms with van der Waals surface area (Å²) in [6, 6.07) is 10.7. The molecule has 0 heterocycles. The van der Waals surface area contributed by atoms with E-state index in [-0.39, 0.29) is 22.6 Å². The predicted molar refractivity (Wildman–Crippen MR) is 81.2 cm³/mol. The van der Waals surface area contributed by atoms with Gasteiger partial charge in [0.1, 0.15) is 10.8 Å². The first-order valence-electron chi connectivity index (χ1n) is 6.47. The highest BCUT2D eigenvalue weighted by Crippen LogP contribution is 2.30. The molecule has 0 aliphatic rings. The second kappa shape index (κ2) is 6.54. The lowest BCUT2D eigenvalue weighted by atomic mass is 10.0.